The first-order valence-corrected chi connectivity index (χ1v) is 7.71. The number of hydrogen-bond acceptors (Lipinski definition) is 6. The molecule has 0 radical (unpaired) electrons. The highest BCUT2D eigenvalue weighted by Crippen LogP contribution is 2.28. The average molecular weight is 342 g/mol. The Morgan fingerprint density at radius 2 is 2.09 bits per heavy atom. The summed E-state index contributed by atoms with van der Waals surface area (Å²) in [5.41, 5.74) is 0.0399. The molecule has 6 nitrogen and oxygen atoms in total. The Kier molecular flexibility index (Phi) is 3.92. The molecule has 0 fully saturated rings. The highest BCUT2D eigenvalue weighted by molar-refractivity contribution is 7.11. The molecule has 10 heteroatoms. The number of nitrogens with zero attached hydrogens (tertiary/aromatic N) is 5. The minimum atomic E-state index is -4.61. The molecule has 3 heterocycles. The standard InChI is InChI=1S/C13H13F3N6S/c1-3-8-6-17-11(23-8)7(2)18-9-4-5-10-19-20-12(13(14,15)16)22(10)21-9/h4-7H,3H2,1-2H3,(H,18,21). The first kappa shape index (κ1) is 15.7. The Morgan fingerprint density at radius 3 is 2.74 bits per heavy atom. The SMILES string of the molecule is CCc1cnc(C(C)Nc2ccc3nnc(C(F)(F)F)n3n2)s1. The van der Waals surface area contributed by atoms with E-state index in [2.05, 4.69) is 25.6 Å². The normalized spacial score (nSPS) is 13.4. The zero-order valence-electron chi connectivity index (χ0n) is 12.3. The fraction of sp³-hybridized carbons (Fsp3) is 0.385. The minimum absolute atomic E-state index is 0.0399. The van der Waals surface area contributed by atoms with Crippen molar-refractivity contribution < 1.29 is 13.2 Å². The Hall–Kier alpha value is -2.23. The molecule has 3 rings (SSSR count). The lowest BCUT2D eigenvalue weighted by Crippen LogP contribution is -2.14. The number of alkyl halides is 3. The molecule has 122 valence electrons. The second-order valence-electron chi connectivity index (χ2n) is 4.89. The lowest BCUT2D eigenvalue weighted by molar-refractivity contribution is -0.146. The van der Waals surface area contributed by atoms with E-state index in [1.165, 1.54) is 6.07 Å². The number of nitrogens with one attached hydrogen (secondary N) is 1. The van der Waals surface area contributed by atoms with Crippen LogP contribution >= 0.6 is 11.3 Å². The van der Waals surface area contributed by atoms with Gasteiger partial charge in [-0.3, -0.25) is 0 Å². The Labute approximate surface area is 133 Å². The molecule has 0 bridgehead atoms. The van der Waals surface area contributed by atoms with Crippen LogP contribution in [0.5, 0.6) is 0 Å². The summed E-state index contributed by atoms with van der Waals surface area (Å²) >= 11 is 1.56. The fourth-order valence-electron chi connectivity index (χ4n) is 2.01. The average Bonchev–Trinajstić information content (AvgIpc) is 3.12. The highest BCUT2D eigenvalue weighted by Gasteiger charge is 2.37. The maximum atomic E-state index is 12.9. The molecule has 0 aliphatic rings. The van der Waals surface area contributed by atoms with Gasteiger partial charge in [0.05, 0.1) is 6.04 Å². The molecule has 1 atom stereocenters. The van der Waals surface area contributed by atoms with E-state index < -0.39 is 12.0 Å². The molecule has 0 aliphatic heterocycles. The van der Waals surface area contributed by atoms with E-state index in [9.17, 15) is 13.2 Å². The summed E-state index contributed by atoms with van der Waals surface area (Å²) in [5, 5.41) is 14.4. The van der Waals surface area contributed by atoms with E-state index in [4.69, 9.17) is 0 Å². The Bertz CT molecular complexity index is 825. The molecule has 0 saturated heterocycles. The molecule has 0 aromatic carbocycles. The summed E-state index contributed by atoms with van der Waals surface area (Å²) in [7, 11) is 0. The number of halogens is 3. The maximum absolute atomic E-state index is 12.9. The van der Waals surface area contributed by atoms with E-state index in [1.54, 1.807) is 23.6 Å². The predicted octanol–water partition coefficient (Wildman–Crippen LogP) is 3.34. The van der Waals surface area contributed by atoms with E-state index >= 15 is 0 Å². The maximum Gasteiger partial charge on any atom is 0.453 e. The Balaban J connectivity index is 1.88. The summed E-state index contributed by atoms with van der Waals surface area (Å²) in [6.07, 6.45) is -1.91. The van der Waals surface area contributed by atoms with Gasteiger partial charge in [-0.1, -0.05) is 6.92 Å². The van der Waals surface area contributed by atoms with Gasteiger partial charge in [0.1, 0.15) is 10.8 Å². The van der Waals surface area contributed by atoms with Gasteiger partial charge in [0.2, 0.25) is 0 Å². The Morgan fingerprint density at radius 1 is 1.30 bits per heavy atom. The second-order valence-corrected chi connectivity index (χ2v) is 6.04. The van der Waals surface area contributed by atoms with Crippen LogP contribution in [0.15, 0.2) is 18.3 Å². The van der Waals surface area contributed by atoms with Crippen molar-refractivity contribution in [2.75, 3.05) is 5.32 Å². The third-order valence-electron chi connectivity index (χ3n) is 3.17. The van der Waals surface area contributed by atoms with Crippen molar-refractivity contribution in [3.63, 3.8) is 0 Å². The molecule has 3 aromatic heterocycles. The van der Waals surface area contributed by atoms with Crippen LogP contribution < -0.4 is 5.32 Å². The molecule has 0 spiro atoms. The summed E-state index contributed by atoms with van der Waals surface area (Å²) < 4.78 is 39.3. The van der Waals surface area contributed by atoms with Gasteiger partial charge in [-0.25, -0.2) is 4.98 Å². The van der Waals surface area contributed by atoms with Gasteiger partial charge in [-0.15, -0.1) is 26.6 Å². The monoisotopic (exact) mass is 342 g/mol. The van der Waals surface area contributed by atoms with Gasteiger partial charge in [0.15, 0.2) is 5.65 Å². The van der Waals surface area contributed by atoms with Gasteiger partial charge in [-0.2, -0.15) is 17.7 Å². The third-order valence-corrected chi connectivity index (χ3v) is 4.50. The number of aromatic nitrogens is 5. The molecule has 1 unspecified atom stereocenters. The summed E-state index contributed by atoms with van der Waals surface area (Å²) in [4.78, 5) is 5.46. The lowest BCUT2D eigenvalue weighted by atomic mass is 10.3. The van der Waals surface area contributed by atoms with E-state index in [0.717, 1.165) is 16.3 Å². The van der Waals surface area contributed by atoms with Crippen molar-refractivity contribution in [1.29, 1.82) is 0 Å². The van der Waals surface area contributed by atoms with Crippen LogP contribution in [0.25, 0.3) is 5.65 Å². The van der Waals surface area contributed by atoms with Gasteiger partial charge < -0.3 is 5.32 Å². The number of hydrogen-bond donors (Lipinski definition) is 1. The van der Waals surface area contributed by atoms with Crippen molar-refractivity contribution in [3.05, 3.63) is 34.0 Å². The third kappa shape index (κ3) is 3.11. The smallest absolute Gasteiger partial charge is 0.360 e. The van der Waals surface area contributed by atoms with Crippen molar-refractivity contribution >= 4 is 22.8 Å². The number of rotatable bonds is 4. The van der Waals surface area contributed by atoms with Crippen LogP contribution in [0.2, 0.25) is 0 Å². The summed E-state index contributed by atoms with van der Waals surface area (Å²) in [6.45, 7) is 3.91. The van der Waals surface area contributed by atoms with Crippen molar-refractivity contribution in [1.82, 2.24) is 24.8 Å². The van der Waals surface area contributed by atoms with Crippen LogP contribution in [-0.4, -0.2) is 24.8 Å². The zero-order chi connectivity index (χ0) is 16.6. The molecular formula is C13H13F3N6S. The predicted molar refractivity (Wildman–Crippen MR) is 79.3 cm³/mol. The van der Waals surface area contributed by atoms with Crippen LogP contribution in [0.1, 0.15) is 35.6 Å². The van der Waals surface area contributed by atoms with Gasteiger partial charge in [0, 0.05) is 11.1 Å². The number of fused-ring (bicyclic) bond motifs is 1. The quantitative estimate of drug-likeness (QED) is 0.788. The van der Waals surface area contributed by atoms with E-state index in [1.807, 2.05) is 13.8 Å². The van der Waals surface area contributed by atoms with E-state index in [0.29, 0.717) is 10.3 Å². The highest BCUT2D eigenvalue weighted by atomic mass is 32.1. The van der Waals surface area contributed by atoms with Crippen molar-refractivity contribution in [3.8, 4) is 0 Å². The first-order chi connectivity index (χ1) is 10.9. The van der Waals surface area contributed by atoms with Gasteiger partial charge in [0.25, 0.3) is 5.82 Å². The number of aryl methyl sites for hydroxylation is 1. The van der Waals surface area contributed by atoms with Crippen LogP contribution in [-0.2, 0) is 12.6 Å². The fourth-order valence-corrected chi connectivity index (χ4v) is 2.87. The first-order valence-electron chi connectivity index (χ1n) is 6.89. The summed E-state index contributed by atoms with van der Waals surface area (Å²) in [5.74, 6) is -0.852. The lowest BCUT2D eigenvalue weighted by Gasteiger charge is -2.12. The number of thiazole rings is 1. The molecule has 0 amide bonds. The van der Waals surface area contributed by atoms with Gasteiger partial charge >= 0.3 is 6.18 Å². The molecule has 0 aliphatic carbocycles. The molecule has 1 N–H and O–H groups in total. The van der Waals surface area contributed by atoms with E-state index in [-0.39, 0.29) is 11.7 Å². The number of anilines is 1. The van der Waals surface area contributed by atoms with Crippen LogP contribution in [0.4, 0.5) is 19.0 Å². The van der Waals surface area contributed by atoms with Crippen molar-refractivity contribution in [2.24, 2.45) is 0 Å². The molecular weight excluding hydrogens is 329 g/mol. The van der Waals surface area contributed by atoms with Crippen LogP contribution in [0.3, 0.4) is 0 Å². The van der Waals surface area contributed by atoms with Crippen molar-refractivity contribution in [2.45, 2.75) is 32.5 Å². The zero-order valence-corrected chi connectivity index (χ0v) is 13.1. The molecule has 23 heavy (non-hydrogen) atoms. The minimum Gasteiger partial charge on any atom is -0.360 e. The van der Waals surface area contributed by atoms with Crippen LogP contribution in [0, 0.1) is 0 Å². The topological polar surface area (TPSA) is 68.0 Å². The van der Waals surface area contributed by atoms with Gasteiger partial charge in [-0.05, 0) is 25.5 Å². The summed E-state index contributed by atoms with van der Waals surface area (Å²) in [6, 6.07) is 2.83. The molecule has 0 saturated carbocycles. The largest absolute Gasteiger partial charge is 0.453 e. The molecule has 3 aromatic rings. The second kappa shape index (κ2) is 5.76.